The van der Waals surface area contributed by atoms with Gasteiger partial charge < -0.3 is 10.1 Å². The number of benzene rings is 2. The van der Waals surface area contributed by atoms with E-state index < -0.39 is 0 Å². The highest BCUT2D eigenvalue weighted by Gasteiger charge is 2.26. The summed E-state index contributed by atoms with van der Waals surface area (Å²) in [6, 6.07) is 17.9. The Morgan fingerprint density at radius 1 is 0.833 bits per heavy atom. The molecule has 1 N–H and O–H groups in total. The van der Waals surface area contributed by atoms with Gasteiger partial charge in [-0.1, -0.05) is 53.7 Å². The lowest BCUT2D eigenvalue weighted by molar-refractivity contribution is 0.256. The van der Waals surface area contributed by atoms with Crippen LogP contribution in [0.25, 0.3) is 0 Å². The molecule has 0 unspecified atom stereocenters. The van der Waals surface area contributed by atoms with Crippen molar-refractivity contribution < 1.29 is 5.21 Å². The molecule has 1 heterocycles. The predicted octanol–water partition coefficient (Wildman–Crippen LogP) is 3.84. The van der Waals surface area contributed by atoms with Crippen molar-refractivity contribution in [1.82, 2.24) is 4.90 Å². The van der Waals surface area contributed by atoms with Crippen LogP contribution in [0, 0.1) is 0 Å². The van der Waals surface area contributed by atoms with Crippen LogP contribution in [0.2, 0.25) is 0 Å². The lowest BCUT2D eigenvalue weighted by Crippen LogP contribution is -2.37. The molecule has 0 radical (unpaired) electrons. The second-order valence-electron chi connectivity index (χ2n) is 6.92. The Bertz CT molecular complexity index is 696. The average Bonchev–Trinajstić information content (AvgIpc) is 2.80. The van der Waals surface area contributed by atoms with Crippen molar-refractivity contribution in [2.75, 3.05) is 19.6 Å². The normalized spacial score (nSPS) is 18.6. The zero-order chi connectivity index (χ0) is 16.4. The number of oxime groups is 1. The van der Waals surface area contributed by atoms with Gasteiger partial charge in [-0.3, -0.25) is 0 Å². The number of hydrogen-bond acceptors (Lipinski definition) is 3. The van der Waals surface area contributed by atoms with Crippen LogP contribution >= 0.6 is 0 Å². The van der Waals surface area contributed by atoms with E-state index in [4.69, 9.17) is 5.21 Å². The molecule has 24 heavy (non-hydrogen) atoms. The summed E-state index contributed by atoms with van der Waals surface area (Å²) in [5.74, 6) is 0.438. The van der Waals surface area contributed by atoms with Crippen molar-refractivity contribution in [1.29, 1.82) is 0 Å². The van der Waals surface area contributed by atoms with Gasteiger partial charge in [0, 0.05) is 38.4 Å². The summed E-state index contributed by atoms with van der Waals surface area (Å²) in [5.41, 5.74) is 6.91. The van der Waals surface area contributed by atoms with Gasteiger partial charge in [0.2, 0.25) is 0 Å². The Hall–Kier alpha value is -2.13. The first kappa shape index (κ1) is 15.4. The number of piperidine rings is 1. The molecule has 4 rings (SSSR count). The van der Waals surface area contributed by atoms with Crippen molar-refractivity contribution >= 4 is 5.71 Å². The number of fused-ring (bicyclic) bond motifs is 2. The monoisotopic (exact) mass is 320 g/mol. The van der Waals surface area contributed by atoms with Crippen molar-refractivity contribution in [2.45, 2.75) is 31.6 Å². The molecule has 3 heteroatoms. The Morgan fingerprint density at radius 3 is 1.92 bits per heavy atom. The van der Waals surface area contributed by atoms with Crippen LogP contribution in [0.1, 0.15) is 41.0 Å². The summed E-state index contributed by atoms with van der Waals surface area (Å²) in [5, 5.41) is 12.4. The van der Waals surface area contributed by atoms with Gasteiger partial charge in [0.05, 0.1) is 5.71 Å². The SMILES string of the molecule is ON=C1CCN(CC2c3ccccc3CCc3ccccc32)CC1. The molecule has 124 valence electrons. The molecule has 0 amide bonds. The summed E-state index contributed by atoms with van der Waals surface area (Å²) in [7, 11) is 0. The second kappa shape index (κ2) is 6.78. The largest absolute Gasteiger partial charge is 0.411 e. The maximum atomic E-state index is 8.97. The highest BCUT2D eigenvalue weighted by Crippen LogP contribution is 2.35. The smallest absolute Gasteiger partial charge is 0.0596 e. The van der Waals surface area contributed by atoms with Crippen LogP contribution in [-0.4, -0.2) is 35.5 Å². The zero-order valence-corrected chi connectivity index (χ0v) is 14.0. The van der Waals surface area contributed by atoms with E-state index in [1.165, 1.54) is 22.3 Å². The Labute approximate surface area is 143 Å². The van der Waals surface area contributed by atoms with Crippen molar-refractivity contribution in [2.24, 2.45) is 5.16 Å². The number of rotatable bonds is 2. The van der Waals surface area contributed by atoms with Crippen LogP contribution < -0.4 is 0 Å². The maximum Gasteiger partial charge on any atom is 0.0596 e. The Kier molecular flexibility index (Phi) is 4.35. The Morgan fingerprint density at radius 2 is 1.38 bits per heavy atom. The van der Waals surface area contributed by atoms with E-state index in [9.17, 15) is 0 Å². The van der Waals surface area contributed by atoms with Crippen molar-refractivity contribution in [3.63, 3.8) is 0 Å². The van der Waals surface area contributed by atoms with Gasteiger partial charge in [0.15, 0.2) is 0 Å². The molecule has 1 saturated heterocycles. The fourth-order valence-corrected chi connectivity index (χ4v) is 4.19. The molecule has 2 aromatic rings. The van der Waals surface area contributed by atoms with E-state index in [2.05, 4.69) is 58.6 Å². The maximum absolute atomic E-state index is 8.97. The number of likely N-dealkylation sites (tertiary alicyclic amines) is 1. The highest BCUT2D eigenvalue weighted by atomic mass is 16.4. The number of nitrogens with zero attached hydrogens (tertiary/aromatic N) is 2. The van der Waals surface area contributed by atoms with Gasteiger partial charge in [-0.15, -0.1) is 0 Å². The van der Waals surface area contributed by atoms with E-state index in [0.29, 0.717) is 5.92 Å². The second-order valence-corrected chi connectivity index (χ2v) is 6.92. The third-order valence-electron chi connectivity index (χ3n) is 5.54. The van der Waals surface area contributed by atoms with Crippen molar-refractivity contribution in [3.8, 4) is 0 Å². The lowest BCUT2D eigenvalue weighted by Gasteiger charge is -2.32. The molecule has 0 aromatic heterocycles. The van der Waals surface area contributed by atoms with E-state index in [-0.39, 0.29) is 0 Å². The first-order chi connectivity index (χ1) is 11.8. The fraction of sp³-hybridized carbons (Fsp3) is 0.381. The van der Waals surface area contributed by atoms with E-state index >= 15 is 0 Å². The van der Waals surface area contributed by atoms with Gasteiger partial charge in [-0.05, 0) is 35.1 Å². The molecule has 0 saturated carbocycles. The summed E-state index contributed by atoms with van der Waals surface area (Å²) in [6.07, 6.45) is 4.02. The highest BCUT2D eigenvalue weighted by molar-refractivity contribution is 5.84. The molecular formula is C21H24N2O. The number of hydrogen-bond donors (Lipinski definition) is 1. The molecule has 0 bridgehead atoms. The standard InChI is InChI=1S/C21H24N2O/c24-22-18-11-13-23(14-12-18)15-21-19-7-3-1-5-16(19)9-10-17-6-2-4-8-20(17)21/h1-8,21,24H,9-15H2. The third kappa shape index (κ3) is 2.96. The van der Waals surface area contributed by atoms with Crippen LogP contribution in [0.4, 0.5) is 0 Å². The minimum absolute atomic E-state index is 0.438. The van der Waals surface area contributed by atoms with E-state index in [1.54, 1.807) is 0 Å². The topological polar surface area (TPSA) is 35.8 Å². The number of aryl methyl sites for hydroxylation is 2. The Balaban J connectivity index is 1.66. The van der Waals surface area contributed by atoms with Gasteiger partial charge in [0.1, 0.15) is 0 Å². The summed E-state index contributed by atoms with van der Waals surface area (Å²) < 4.78 is 0. The van der Waals surface area contributed by atoms with Gasteiger partial charge in [0.25, 0.3) is 0 Å². The van der Waals surface area contributed by atoms with Gasteiger partial charge >= 0.3 is 0 Å². The van der Waals surface area contributed by atoms with Gasteiger partial charge in [-0.2, -0.15) is 0 Å². The van der Waals surface area contributed by atoms with Crippen molar-refractivity contribution in [3.05, 3.63) is 70.8 Å². The minimum Gasteiger partial charge on any atom is -0.411 e. The predicted molar refractivity (Wildman–Crippen MR) is 97.0 cm³/mol. The average molecular weight is 320 g/mol. The van der Waals surface area contributed by atoms with Crippen LogP contribution in [0.15, 0.2) is 53.7 Å². The molecule has 1 fully saturated rings. The molecule has 1 aliphatic carbocycles. The molecule has 2 aliphatic rings. The van der Waals surface area contributed by atoms with Crippen LogP contribution in [-0.2, 0) is 12.8 Å². The molecule has 2 aromatic carbocycles. The third-order valence-corrected chi connectivity index (χ3v) is 5.54. The van der Waals surface area contributed by atoms with Gasteiger partial charge in [-0.25, -0.2) is 0 Å². The van der Waals surface area contributed by atoms with E-state index in [1.807, 2.05) is 0 Å². The molecule has 0 atom stereocenters. The molecule has 0 spiro atoms. The fourth-order valence-electron chi connectivity index (χ4n) is 4.19. The lowest BCUT2D eigenvalue weighted by atomic mass is 9.87. The minimum atomic E-state index is 0.438. The molecule has 1 aliphatic heterocycles. The molecular weight excluding hydrogens is 296 g/mol. The first-order valence-corrected chi connectivity index (χ1v) is 8.93. The molecule has 3 nitrogen and oxygen atoms in total. The quantitative estimate of drug-likeness (QED) is 0.674. The summed E-state index contributed by atoms with van der Waals surface area (Å²) in [4.78, 5) is 2.53. The summed E-state index contributed by atoms with van der Waals surface area (Å²) >= 11 is 0. The summed E-state index contributed by atoms with van der Waals surface area (Å²) in [6.45, 7) is 3.02. The van der Waals surface area contributed by atoms with E-state index in [0.717, 1.165) is 51.0 Å². The van der Waals surface area contributed by atoms with Crippen LogP contribution in [0.5, 0.6) is 0 Å². The zero-order valence-electron chi connectivity index (χ0n) is 14.0. The van der Waals surface area contributed by atoms with Crippen LogP contribution in [0.3, 0.4) is 0 Å². The first-order valence-electron chi connectivity index (χ1n) is 8.93.